The molecule has 0 saturated heterocycles. The number of hydrogen-bond acceptors (Lipinski definition) is 4. The molecule has 1 aliphatic heterocycles. The molecule has 0 saturated carbocycles. The summed E-state index contributed by atoms with van der Waals surface area (Å²) in [4.78, 5) is 19.1. The Labute approximate surface area is 231 Å². The molecule has 0 amide bonds. The third-order valence-electron chi connectivity index (χ3n) is 7.44. The summed E-state index contributed by atoms with van der Waals surface area (Å²) in [6, 6.07) is 15.4. The van der Waals surface area contributed by atoms with Gasteiger partial charge in [-0.25, -0.2) is 0 Å². The predicted octanol–water partition coefficient (Wildman–Crippen LogP) is 6.77. The maximum atomic E-state index is 13.5. The molecule has 12 heteroatoms. The van der Waals surface area contributed by atoms with Crippen LogP contribution in [0, 0.1) is 0 Å². The van der Waals surface area contributed by atoms with Crippen molar-refractivity contribution >= 4 is 22.9 Å². The van der Waals surface area contributed by atoms with Crippen LogP contribution in [0.1, 0.15) is 40.9 Å². The lowest BCUT2D eigenvalue weighted by atomic mass is 9.67. The van der Waals surface area contributed by atoms with Gasteiger partial charge in [-0.1, -0.05) is 36.4 Å². The Hall–Kier alpha value is -4.31. The molecular weight excluding hydrogens is 550 g/mol. The SMILES string of the molecule is CCN(CC(F)(F)F)c1ccc2c(c1)Oc1cc(N(CC)CC(F)(F)F)ccc1C21C(=[N+]=[N-])C(=O)c2ccccc21. The van der Waals surface area contributed by atoms with Crippen LogP contribution in [-0.4, -0.2) is 54.8 Å². The molecule has 214 valence electrons. The van der Waals surface area contributed by atoms with E-state index in [0.29, 0.717) is 16.7 Å². The van der Waals surface area contributed by atoms with Crippen molar-refractivity contribution in [1.29, 1.82) is 0 Å². The number of fused-ring (bicyclic) bond motifs is 6. The second kappa shape index (κ2) is 9.95. The van der Waals surface area contributed by atoms with Crippen LogP contribution >= 0.6 is 0 Å². The lowest BCUT2D eigenvalue weighted by molar-refractivity contribution is -0.120. The van der Waals surface area contributed by atoms with E-state index in [2.05, 4.69) is 4.79 Å². The van der Waals surface area contributed by atoms with Gasteiger partial charge in [0.25, 0.3) is 5.78 Å². The zero-order chi connectivity index (χ0) is 29.7. The highest BCUT2D eigenvalue weighted by Crippen LogP contribution is 2.57. The fourth-order valence-corrected chi connectivity index (χ4v) is 5.77. The lowest BCUT2D eigenvalue weighted by Gasteiger charge is -2.36. The highest BCUT2D eigenvalue weighted by molar-refractivity contribution is 6.52. The average molecular weight is 575 g/mol. The van der Waals surface area contributed by atoms with E-state index >= 15 is 0 Å². The Morgan fingerprint density at radius 1 is 0.780 bits per heavy atom. The molecule has 1 spiro atoms. The highest BCUT2D eigenvalue weighted by Gasteiger charge is 2.62. The van der Waals surface area contributed by atoms with E-state index in [1.165, 1.54) is 36.4 Å². The van der Waals surface area contributed by atoms with Crippen molar-refractivity contribution < 1.29 is 40.7 Å². The Bertz CT molecular complexity index is 1500. The molecule has 1 heterocycles. The number of carbonyl (C=O) groups excluding carboxylic acids is 1. The van der Waals surface area contributed by atoms with Gasteiger partial charge < -0.3 is 20.1 Å². The summed E-state index contributed by atoms with van der Waals surface area (Å²) < 4.78 is 85.9. The normalized spacial score (nSPS) is 15.1. The van der Waals surface area contributed by atoms with Crippen LogP contribution in [0.3, 0.4) is 0 Å². The van der Waals surface area contributed by atoms with E-state index in [4.69, 9.17) is 4.74 Å². The van der Waals surface area contributed by atoms with E-state index < -0.39 is 36.6 Å². The quantitative estimate of drug-likeness (QED) is 0.185. The maximum Gasteiger partial charge on any atom is 0.405 e. The molecule has 6 nitrogen and oxygen atoms in total. The molecule has 0 radical (unpaired) electrons. The van der Waals surface area contributed by atoms with Crippen molar-refractivity contribution in [3.63, 3.8) is 0 Å². The third kappa shape index (κ3) is 4.72. The maximum absolute atomic E-state index is 13.5. The van der Waals surface area contributed by atoms with Gasteiger partial charge in [0.1, 0.15) is 24.6 Å². The monoisotopic (exact) mass is 574 g/mol. The van der Waals surface area contributed by atoms with E-state index in [1.807, 2.05) is 0 Å². The summed E-state index contributed by atoms with van der Waals surface area (Å²) in [5.74, 6) is -0.399. The summed E-state index contributed by atoms with van der Waals surface area (Å²) >= 11 is 0. The first-order valence-corrected chi connectivity index (χ1v) is 12.8. The van der Waals surface area contributed by atoms with Gasteiger partial charge in [0.05, 0.1) is 0 Å². The van der Waals surface area contributed by atoms with Crippen LogP contribution in [-0.2, 0) is 5.41 Å². The third-order valence-corrected chi connectivity index (χ3v) is 7.44. The lowest BCUT2D eigenvalue weighted by Crippen LogP contribution is -2.40. The molecule has 0 N–H and O–H groups in total. The summed E-state index contributed by atoms with van der Waals surface area (Å²) in [6.45, 7) is 0.744. The van der Waals surface area contributed by atoms with Gasteiger partial charge in [-0.2, -0.15) is 31.1 Å². The van der Waals surface area contributed by atoms with Crippen molar-refractivity contribution in [2.75, 3.05) is 36.0 Å². The summed E-state index contributed by atoms with van der Waals surface area (Å²) in [5.41, 5.74) is 10.1. The number of ketones is 1. The number of alkyl halides is 6. The van der Waals surface area contributed by atoms with E-state index in [9.17, 15) is 36.7 Å². The summed E-state index contributed by atoms with van der Waals surface area (Å²) in [5, 5.41) is 0. The van der Waals surface area contributed by atoms with Gasteiger partial charge in [0.2, 0.25) is 0 Å². The Morgan fingerprint density at radius 2 is 1.27 bits per heavy atom. The van der Waals surface area contributed by atoms with Gasteiger partial charge in [0, 0.05) is 53.3 Å². The number of hydrogen-bond donors (Lipinski definition) is 0. The van der Waals surface area contributed by atoms with E-state index in [0.717, 1.165) is 9.80 Å². The first kappa shape index (κ1) is 28.2. The van der Waals surface area contributed by atoms with Gasteiger partial charge in [-0.05, 0) is 31.5 Å². The first-order chi connectivity index (χ1) is 19.3. The number of nitrogens with zero attached hydrogens (tertiary/aromatic N) is 4. The van der Waals surface area contributed by atoms with E-state index in [1.54, 1.807) is 38.1 Å². The van der Waals surface area contributed by atoms with Gasteiger partial charge in [0.15, 0.2) is 5.41 Å². The van der Waals surface area contributed by atoms with E-state index in [-0.39, 0.29) is 47.2 Å². The van der Waals surface area contributed by atoms with Crippen LogP contribution < -0.4 is 14.5 Å². The number of Topliss-reactive ketones (excluding diaryl/α,β-unsaturated/α-hetero) is 1. The topological polar surface area (TPSA) is 69.2 Å². The number of anilines is 2. The Morgan fingerprint density at radius 3 is 1.71 bits per heavy atom. The molecule has 5 rings (SSSR count). The first-order valence-electron chi connectivity index (χ1n) is 12.8. The smallest absolute Gasteiger partial charge is 0.405 e. The molecule has 3 aromatic carbocycles. The van der Waals surface area contributed by atoms with Gasteiger partial charge in [-0.15, -0.1) is 0 Å². The molecule has 0 atom stereocenters. The molecule has 0 unspecified atom stereocenters. The number of carbonyl (C=O) groups is 1. The average Bonchev–Trinajstić information content (AvgIpc) is 3.17. The molecule has 0 bridgehead atoms. The van der Waals surface area contributed by atoms with Crippen molar-refractivity contribution in [1.82, 2.24) is 0 Å². The van der Waals surface area contributed by atoms with Crippen LogP contribution in [0.4, 0.5) is 37.7 Å². The zero-order valence-corrected chi connectivity index (χ0v) is 22.0. The number of benzene rings is 3. The Balaban J connectivity index is 1.77. The van der Waals surface area contributed by atoms with Crippen molar-refractivity contribution in [2.24, 2.45) is 0 Å². The fraction of sp³-hybridized carbons (Fsp3) is 0.310. The number of rotatable bonds is 6. The van der Waals surface area contributed by atoms with Crippen LogP contribution in [0.15, 0.2) is 60.7 Å². The standard InChI is InChI=1S/C29H24F6N4O2/c1-3-38(15-27(30,31)32)17-9-11-21-23(13-17)41-24-14-18(39(4-2)16-28(33,34)35)10-12-22(24)29(21)20-8-6-5-7-19(20)25(40)26(29)37-36/h5-14H,3-4,15-16H2,1-2H3. The van der Waals surface area contributed by atoms with Crippen molar-refractivity contribution in [3.05, 3.63) is 88.4 Å². The Kier molecular flexibility index (Phi) is 6.85. The van der Waals surface area contributed by atoms with Crippen LogP contribution in [0.2, 0.25) is 0 Å². The van der Waals surface area contributed by atoms with Crippen molar-refractivity contribution in [3.8, 4) is 11.5 Å². The molecule has 2 aliphatic rings. The second-order valence-electron chi connectivity index (χ2n) is 9.80. The van der Waals surface area contributed by atoms with Crippen LogP contribution in [0.5, 0.6) is 11.5 Å². The number of ether oxygens (including phenoxy) is 1. The molecule has 1 aliphatic carbocycles. The fourth-order valence-electron chi connectivity index (χ4n) is 5.77. The number of halogens is 6. The molecule has 3 aromatic rings. The summed E-state index contributed by atoms with van der Waals surface area (Å²) in [7, 11) is 0. The zero-order valence-electron chi connectivity index (χ0n) is 22.0. The van der Waals surface area contributed by atoms with Crippen molar-refractivity contribution in [2.45, 2.75) is 31.6 Å². The highest BCUT2D eigenvalue weighted by atomic mass is 19.4. The largest absolute Gasteiger partial charge is 0.457 e. The molecule has 0 fully saturated rings. The molecule has 41 heavy (non-hydrogen) atoms. The molecular formula is C29H24F6N4O2. The van der Waals surface area contributed by atoms with Crippen LogP contribution in [0.25, 0.3) is 5.53 Å². The predicted molar refractivity (Wildman–Crippen MR) is 140 cm³/mol. The minimum Gasteiger partial charge on any atom is -0.457 e. The second-order valence-corrected chi connectivity index (χ2v) is 9.80. The van der Waals surface area contributed by atoms with Gasteiger partial charge >= 0.3 is 18.1 Å². The molecule has 0 aromatic heterocycles. The van der Waals surface area contributed by atoms with Gasteiger partial charge in [-0.3, -0.25) is 4.79 Å². The summed E-state index contributed by atoms with van der Waals surface area (Å²) in [6.07, 6.45) is -8.96. The minimum absolute atomic E-state index is 0.0255. The minimum atomic E-state index is -4.48.